The summed E-state index contributed by atoms with van der Waals surface area (Å²) in [5, 5.41) is 0. The van der Waals surface area contributed by atoms with Crippen LogP contribution in [0.5, 0.6) is 0 Å². The number of nitrogens with zero attached hydrogens (tertiary/aromatic N) is 2. The zero-order valence-corrected chi connectivity index (χ0v) is 10.6. The molecule has 0 aliphatic heterocycles. The molecule has 1 N–H and O–H groups in total. The van der Waals surface area contributed by atoms with E-state index in [1.165, 1.54) is 4.90 Å². The topological polar surface area (TPSA) is 75.2 Å². The molecule has 0 atom stereocenters. The summed E-state index contributed by atoms with van der Waals surface area (Å²) >= 11 is 0. The highest BCUT2D eigenvalue weighted by molar-refractivity contribution is 5.82. The molecular formula is C13H13N3O3. The largest absolute Gasteiger partial charge is 0.363 e. The highest BCUT2D eigenvalue weighted by atomic mass is 16.2. The Hall–Kier alpha value is -2.63. The molecule has 1 aromatic carbocycles. The molecule has 6 heteroatoms. The molecule has 0 saturated carbocycles. The standard InChI is InChI=1S/C13H13N3O3/c1-15(2)11-10(8-17)12(18)16(13(19)14-11)9-6-4-3-5-7-9/h3-8H,1-2H3,(H,14,19). The third-order valence-electron chi connectivity index (χ3n) is 2.70. The molecule has 2 aromatic rings. The fourth-order valence-electron chi connectivity index (χ4n) is 1.81. The highest BCUT2D eigenvalue weighted by Gasteiger charge is 2.15. The zero-order valence-electron chi connectivity index (χ0n) is 10.6. The van der Waals surface area contributed by atoms with Crippen molar-refractivity contribution in [2.75, 3.05) is 19.0 Å². The third kappa shape index (κ3) is 2.20. The molecule has 0 spiro atoms. The van der Waals surface area contributed by atoms with E-state index in [1.54, 1.807) is 44.4 Å². The Morgan fingerprint density at radius 1 is 1.16 bits per heavy atom. The minimum absolute atomic E-state index is 0.0755. The van der Waals surface area contributed by atoms with Gasteiger partial charge >= 0.3 is 5.69 Å². The fourth-order valence-corrected chi connectivity index (χ4v) is 1.81. The molecular weight excluding hydrogens is 246 g/mol. The first-order chi connectivity index (χ1) is 9.06. The van der Waals surface area contributed by atoms with Gasteiger partial charge in [-0.1, -0.05) is 18.2 Å². The number of carbonyl (C=O) groups is 1. The molecule has 6 nitrogen and oxygen atoms in total. The summed E-state index contributed by atoms with van der Waals surface area (Å²) in [5.74, 6) is 0.206. The fraction of sp³-hybridized carbons (Fsp3) is 0.154. The van der Waals surface area contributed by atoms with Crippen LogP contribution < -0.4 is 16.1 Å². The molecule has 19 heavy (non-hydrogen) atoms. The number of carbonyl (C=O) groups excluding carboxylic acids is 1. The molecule has 0 unspecified atom stereocenters. The number of hydrogen-bond acceptors (Lipinski definition) is 4. The van der Waals surface area contributed by atoms with Crippen molar-refractivity contribution < 1.29 is 4.79 Å². The Labute approximate surface area is 108 Å². The van der Waals surface area contributed by atoms with Crippen LogP contribution in [0, 0.1) is 0 Å². The van der Waals surface area contributed by atoms with E-state index >= 15 is 0 Å². The lowest BCUT2D eigenvalue weighted by molar-refractivity contribution is 0.112. The van der Waals surface area contributed by atoms with E-state index in [9.17, 15) is 14.4 Å². The average molecular weight is 259 g/mol. The van der Waals surface area contributed by atoms with Gasteiger partial charge in [0.05, 0.1) is 5.69 Å². The van der Waals surface area contributed by atoms with Crippen molar-refractivity contribution >= 4 is 12.1 Å². The maximum atomic E-state index is 12.2. The molecule has 2 rings (SSSR count). The maximum Gasteiger partial charge on any atom is 0.334 e. The second-order valence-corrected chi connectivity index (χ2v) is 4.18. The molecule has 1 heterocycles. The smallest absolute Gasteiger partial charge is 0.334 e. The SMILES string of the molecule is CN(C)c1[nH]c(=O)n(-c2ccccc2)c(=O)c1C=O. The zero-order chi connectivity index (χ0) is 14.0. The molecule has 0 amide bonds. The summed E-state index contributed by atoms with van der Waals surface area (Å²) in [4.78, 5) is 39.4. The van der Waals surface area contributed by atoms with Crippen LogP contribution in [-0.4, -0.2) is 29.9 Å². The number of aromatic nitrogens is 2. The molecule has 0 saturated heterocycles. The van der Waals surface area contributed by atoms with Crippen molar-refractivity contribution in [3.05, 3.63) is 56.7 Å². The van der Waals surface area contributed by atoms with Gasteiger partial charge in [0.15, 0.2) is 6.29 Å². The van der Waals surface area contributed by atoms with E-state index in [0.29, 0.717) is 12.0 Å². The summed E-state index contributed by atoms with van der Waals surface area (Å²) < 4.78 is 0.941. The molecule has 0 fully saturated rings. The molecule has 1 aromatic heterocycles. The van der Waals surface area contributed by atoms with Gasteiger partial charge < -0.3 is 4.90 Å². The van der Waals surface area contributed by atoms with E-state index in [0.717, 1.165) is 4.57 Å². The summed E-state index contributed by atoms with van der Waals surface area (Å²) in [6.07, 6.45) is 0.451. The maximum absolute atomic E-state index is 12.2. The number of H-pyrrole nitrogens is 1. The summed E-state index contributed by atoms with van der Waals surface area (Å²) in [6, 6.07) is 8.45. The van der Waals surface area contributed by atoms with Gasteiger partial charge in [0.1, 0.15) is 11.4 Å². The number of para-hydroxylation sites is 1. The van der Waals surface area contributed by atoms with E-state index in [1.807, 2.05) is 0 Å². The van der Waals surface area contributed by atoms with Crippen LogP contribution in [0.3, 0.4) is 0 Å². The van der Waals surface area contributed by atoms with Gasteiger partial charge in [-0.2, -0.15) is 0 Å². The molecule has 98 valence electrons. The van der Waals surface area contributed by atoms with Crippen molar-refractivity contribution in [2.24, 2.45) is 0 Å². The van der Waals surface area contributed by atoms with Crippen molar-refractivity contribution in [1.82, 2.24) is 9.55 Å². The van der Waals surface area contributed by atoms with E-state index in [4.69, 9.17) is 0 Å². The molecule has 0 bridgehead atoms. The minimum atomic E-state index is -0.631. The number of hydrogen-bond donors (Lipinski definition) is 1. The molecule has 0 aliphatic carbocycles. The lowest BCUT2D eigenvalue weighted by atomic mass is 10.3. The van der Waals surface area contributed by atoms with E-state index in [2.05, 4.69) is 4.98 Å². The number of benzene rings is 1. The Morgan fingerprint density at radius 3 is 2.32 bits per heavy atom. The van der Waals surface area contributed by atoms with Crippen molar-refractivity contribution in [3.63, 3.8) is 0 Å². The lowest BCUT2D eigenvalue weighted by Gasteiger charge is -2.15. The summed E-state index contributed by atoms with van der Waals surface area (Å²) in [5.41, 5.74) is -0.866. The summed E-state index contributed by atoms with van der Waals surface area (Å²) in [6.45, 7) is 0. The van der Waals surface area contributed by atoms with Gasteiger partial charge in [0.25, 0.3) is 5.56 Å². The van der Waals surface area contributed by atoms with Crippen LogP contribution in [0.2, 0.25) is 0 Å². The van der Waals surface area contributed by atoms with Gasteiger partial charge in [-0.25, -0.2) is 9.36 Å². The van der Waals surface area contributed by atoms with Gasteiger partial charge in [-0.3, -0.25) is 14.6 Å². The van der Waals surface area contributed by atoms with Crippen LogP contribution in [0.25, 0.3) is 5.69 Å². The Kier molecular flexibility index (Phi) is 3.33. The average Bonchev–Trinajstić information content (AvgIpc) is 2.39. The first-order valence-electron chi connectivity index (χ1n) is 5.63. The van der Waals surface area contributed by atoms with Crippen molar-refractivity contribution in [2.45, 2.75) is 0 Å². The van der Waals surface area contributed by atoms with E-state index in [-0.39, 0.29) is 11.4 Å². The lowest BCUT2D eigenvalue weighted by Crippen LogP contribution is -2.38. The number of anilines is 1. The van der Waals surface area contributed by atoms with Crippen molar-refractivity contribution in [3.8, 4) is 5.69 Å². The second-order valence-electron chi connectivity index (χ2n) is 4.18. The van der Waals surface area contributed by atoms with Gasteiger partial charge in [0.2, 0.25) is 0 Å². The van der Waals surface area contributed by atoms with Crippen molar-refractivity contribution in [1.29, 1.82) is 0 Å². The van der Waals surface area contributed by atoms with Crippen LogP contribution in [0.1, 0.15) is 10.4 Å². The first kappa shape index (κ1) is 12.8. The second kappa shape index (κ2) is 4.93. The monoisotopic (exact) mass is 259 g/mol. The highest BCUT2D eigenvalue weighted by Crippen LogP contribution is 2.08. The predicted octanol–water partition coefficient (Wildman–Crippen LogP) is 0.404. The molecule has 0 aliphatic rings. The van der Waals surface area contributed by atoms with Crippen LogP contribution in [-0.2, 0) is 0 Å². The van der Waals surface area contributed by atoms with Gasteiger partial charge in [-0.05, 0) is 12.1 Å². The molecule has 0 radical (unpaired) electrons. The number of nitrogens with one attached hydrogen (secondary N) is 1. The number of aromatic amines is 1. The van der Waals surface area contributed by atoms with Crippen LogP contribution in [0.15, 0.2) is 39.9 Å². The Balaban J connectivity index is 2.82. The van der Waals surface area contributed by atoms with E-state index < -0.39 is 11.2 Å². The van der Waals surface area contributed by atoms with Crippen LogP contribution >= 0.6 is 0 Å². The minimum Gasteiger partial charge on any atom is -0.363 e. The predicted molar refractivity (Wildman–Crippen MR) is 72.4 cm³/mol. The Bertz CT molecular complexity index is 714. The third-order valence-corrected chi connectivity index (χ3v) is 2.70. The normalized spacial score (nSPS) is 10.2. The number of aldehydes is 1. The van der Waals surface area contributed by atoms with Gasteiger partial charge in [-0.15, -0.1) is 0 Å². The van der Waals surface area contributed by atoms with Gasteiger partial charge in [0, 0.05) is 14.1 Å². The van der Waals surface area contributed by atoms with Crippen LogP contribution in [0.4, 0.5) is 5.82 Å². The Morgan fingerprint density at radius 2 is 1.79 bits per heavy atom. The quantitative estimate of drug-likeness (QED) is 0.810. The summed E-state index contributed by atoms with van der Waals surface area (Å²) in [7, 11) is 3.29. The first-order valence-corrected chi connectivity index (χ1v) is 5.63. The number of rotatable bonds is 3.